The summed E-state index contributed by atoms with van der Waals surface area (Å²) in [6.45, 7) is -0.929. The van der Waals surface area contributed by atoms with E-state index >= 15 is 0 Å². The predicted octanol–water partition coefficient (Wildman–Crippen LogP) is -4.85. The van der Waals surface area contributed by atoms with E-state index in [-0.39, 0.29) is 12.2 Å². The molecule has 18 heteroatoms. The fourth-order valence-electron chi connectivity index (χ4n) is 2.82. The van der Waals surface area contributed by atoms with Crippen LogP contribution in [0.25, 0.3) is 0 Å². The molecule has 0 bridgehead atoms. The van der Waals surface area contributed by atoms with Crippen molar-refractivity contribution in [2.75, 3.05) is 24.4 Å². The van der Waals surface area contributed by atoms with Crippen LogP contribution in [0.1, 0.15) is 25.7 Å². The zero-order valence-corrected chi connectivity index (χ0v) is 22.4. The summed E-state index contributed by atoms with van der Waals surface area (Å²) < 4.78 is 0. The molecular formula is C20H35N7O9S2. The first-order chi connectivity index (χ1) is 17.8. The van der Waals surface area contributed by atoms with Crippen molar-refractivity contribution in [3.8, 4) is 0 Å². The Morgan fingerprint density at radius 2 is 1.29 bits per heavy atom. The molecule has 38 heavy (non-hydrogen) atoms. The standard InChI is InChI=1S/C20H35N7O9S2/c1-38-5-4-9(21)16(31)27-13(8-37)19(34)26-12(7-28)18(33)24-10(2-3-14(22)29)17(32)25-11(20(35)36)6-15(23)30/h9-13,28,37H,2-8,21H2,1H3,(H2,22,29)(H2,23,30)(H,24,33)(H,25,32)(H,26,34)(H,27,31)(H,35,36)/t9-,10-,11-,12-,13-/m0/s1. The molecule has 6 amide bonds. The Kier molecular flexibility index (Phi) is 16.7. The highest BCUT2D eigenvalue weighted by Crippen LogP contribution is 2.03. The van der Waals surface area contributed by atoms with Gasteiger partial charge in [0.05, 0.1) is 19.1 Å². The van der Waals surface area contributed by atoms with Gasteiger partial charge in [-0.25, -0.2) is 4.79 Å². The lowest BCUT2D eigenvalue weighted by Gasteiger charge is -2.25. The molecule has 0 spiro atoms. The van der Waals surface area contributed by atoms with Gasteiger partial charge in [0.15, 0.2) is 0 Å². The summed E-state index contributed by atoms with van der Waals surface area (Å²) in [5.74, 6) is -6.66. The van der Waals surface area contributed by atoms with Gasteiger partial charge in [-0.05, 0) is 24.9 Å². The first-order valence-corrected chi connectivity index (χ1v) is 13.3. The second-order valence-corrected chi connectivity index (χ2v) is 9.36. The molecule has 0 aromatic carbocycles. The lowest BCUT2D eigenvalue weighted by Crippen LogP contribution is -2.59. The molecule has 5 atom stereocenters. The molecule has 0 saturated heterocycles. The van der Waals surface area contributed by atoms with Crippen LogP contribution < -0.4 is 38.5 Å². The molecule has 0 radical (unpaired) electrons. The number of aliphatic hydroxyl groups excluding tert-OH is 1. The largest absolute Gasteiger partial charge is 0.480 e. The van der Waals surface area contributed by atoms with Crippen LogP contribution in [0.4, 0.5) is 0 Å². The van der Waals surface area contributed by atoms with Gasteiger partial charge in [-0.3, -0.25) is 28.8 Å². The van der Waals surface area contributed by atoms with Gasteiger partial charge < -0.3 is 48.7 Å². The molecule has 0 aliphatic carbocycles. The Morgan fingerprint density at radius 1 is 0.789 bits per heavy atom. The van der Waals surface area contributed by atoms with Crippen molar-refractivity contribution in [1.29, 1.82) is 0 Å². The summed E-state index contributed by atoms with van der Waals surface area (Å²) in [5, 5.41) is 27.7. The minimum Gasteiger partial charge on any atom is -0.480 e. The van der Waals surface area contributed by atoms with Gasteiger partial charge in [-0.15, -0.1) is 0 Å². The number of nitrogens with one attached hydrogen (secondary N) is 4. The first-order valence-electron chi connectivity index (χ1n) is 11.2. The molecule has 0 aliphatic rings. The van der Waals surface area contributed by atoms with Crippen molar-refractivity contribution in [2.24, 2.45) is 17.2 Å². The summed E-state index contributed by atoms with van der Waals surface area (Å²) >= 11 is 5.49. The van der Waals surface area contributed by atoms with Gasteiger partial charge in [0.25, 0.3) is 0 Å². The van der Waals surface area contributed by atoms with Crippen LogP contribution in [0.15, 0.2) is 0 Å². The quantitative estimate of drug-likeness (QED) is 0.0645. The lowest BCUT2D eigenvalue weighted by atomic mass is 10.1. The zero-order valence-electron chi connectivity index (χ0n) is 20.7. The number of carbonyl (C=O) groups excluding carboxylic acids is 6. The van der Waals surface area contributed by atoms with E-state index < -0.39 is 91.1 Å². The van der Waals surface area contributed by atoms with Crippen LogP contribution in [-0.4, -0.2) is 106 Å². The maximum atomic E-state index is 12.7. The monoisotopic (exact) mass is 581 g/mol. The van der Waals surface area contributed by atoms with E-state index in [9.17, 15) is 43.8 Å². The number of aliphatic carboxylic acids is 1. The predicted molar refractivity (Wildman–Crippen MR) is 140 cm³/mol. The third kappa shape index (κ3) is 13.5. The number of amides is 6. The van der Waals surface area contributed by atoms with Crippen molar-refractivity contribution in [3.05, 3.63) is 0 Å². The number of hydrogen-bond donors (Lipinski definition) is 10. The zero-order chi connectivity index (χ0) is 29.4. The normalized spacial score (nSPS) is 14.6. The molecule has 0 aromatic rings. The number of rotatable bonds is 19. The molecule has 216 valence electrons. The number of carboxylic acid groups (broad SMARTS) is 1. The first kappa shape index (κ1) is 34.9. The number of nitrogens with two attached hydrogens (primary N) is 3. The van der Waals surface area contributed by atoms with E-state index in [1.54, 1.807) is 0 Å². The second kappa shape index (κ2) is 18.2. The minimum atomic E-state index is -1.72. The van der Waals surface area contributed by atoms with Crippen molar-refractivity contribution >= 4 is 65.8 Å². The van der Waals surface area contributed by atoms with Gasteiger partial charge in [0.2, 0.25) is 35.4 Å². The van der Waals surface area contributed by atoms with Crippen molar-refractivity contribution in [3.63, 3.8) is 0 Å². The molecule has 0 heterocycles. The van der Waals surface area contributed by atoms with E-state index in [4.69, 9.17) is 17.2 Å². The number of thiol groups is 1. The lowest BCUT2D eigenvalue weighted by molar-refractivity contribution is -0.144. The van der Waals surface area contributed by atoms with Crippen molar-refractivity contribution in [2.45, 2.75) is 55.9 Å². The average Bonchev–Trinajstić information content (AvgIpc) is 2.84. The SMILES string of the molecule is CSCC[C@H](N)C(=O)N[C@@H](CS)C(=O)N[C@@H](CO)C(=O)N[C@@H](CCC(N)=O)C(=O)N[C@@H](CC(N)=O)C(=O)O. The molecule has 0 aromatic heterocycles. The number of aliphatic hydroxyl groups is 1. The number of carbonyl (C=O) groups is 7. The number of primary amides is 2. The summed E-state index contributed by atoms with van der Waals surface area (Å²) in [6, 6.07) is -6.97. The maximum Gasteiger partial charge on any atom is 0.326 e. The molecule has 0 fully saturated rings. The minimum absolute atomic E-state index is 0.174. The van der Waals surface area contributed by atoms with Crippen molar-refractivity contribution < 1.29 is 43.8 Å². The Hall–Kier alpha value is -3.09. The van der Waals surface area contributed by atoms with Crippen LogP contribution in [0.2, 0.25) is 0 Å². The second-order valence-electron chi connectivity index (χ2n) is 8.01. The number of thioether (sulfide) groups is 1. The van der Waals surface area contributed by atoms with Crippen LogP contribution >= 0.6 is 24.4 Å². The molecule has 0 rings (SSSR count). The highest BCUT2D eigenvalue weighted by atomic mass is 32.2. The number of hydrogen-bond acceptors (Lipinski definition) is 11. The molecular weight excluding hydrogens is 546 g/mol. The summed E-state index contributed by atoms with van der Waals surface area (Å²) in [5.41, 5.74) is 15.8. The fourth-order valence-corrected chi connectivity index (χ4v) is 3.56. The smallest absolute Gasteiger partial charge is 0.326 e. The van der Waals surface area contributed by atoms with E-state index in [1.165, 1.54) is 11.8 Å². The number of carboxylic acids is 1. The molecule has 16 nitrogen and oxygen atoms in total. The van der Waals surface area contributed by atoms with Gasteiger partial charge in [-0.1, -0.05) is 0 Å². The maximum absolute atomic E-state index is 12.7. The van der Waals surface area contributed by atoms with E-state index in [1.807, 2.05) is 11.6 Å². The topological polar surface area (TPSA) is 286 Å². The van der Waals surface area contributed by atoms with Crippen LogP contribution in [0.5, 0.6) is 0 Å². The van der Waals surface area contributed by atoms with Gasteiger partial charge >= 0.3 is 5.97 Å². The highest BCUT2D eigenvalue weighted by molar-refractivity contribution is 7.98. The molecule has 12 N–H and O–H groups in total. The van der Waals surface area contributed by atoms with E-state index in [0.29, 0.717) is 12.2 Å². The summed E-state index contributed by atoms with van der Waals surface area (Å²) in [7, 11) is 0. The Morgan fingerprint density at radius 3 is 1.76 bits per heavy atom. The summed E-state index contributed by atoms with van der Waals surface area (Å²) in [4.78, 5) is 83.8. The van der Waals surface area contributed by atoms with Gasteiger partial charge in [0.1, 0.15) is 24.2 Å². The fraction of sp³-hybridized carbons (Fsp3) is 0.650. The Labute approximate surface area is 228 Å². The summed E-state index contributed by atoms with van der Waals surface area (Å²) in [6.07, 6.45) is 0.678. The van der Waals surface area contributed by atoms with Crippen LogP contribution in [0, 0.1) is 0 Å². The van der Waals surface area contributed by atoms with Crippen LogP contribution in [-0.2, 0) is 33.6 Å². The van der Waals surface area contributed by atoms with Crippen molar-refractivity contribution in [1.82, 2.24) is 21.3 Å². The third-order valence-corrected chi connectivity index (χ3v) is 5.94. The Bertz CT molecular complexity index is 878. The third-order valence-electron chi connectivity index (χ3n) is 4.93. The van der Waals surface area contributed by atoms with E-state index in [2.05, 4.69) is 28.6 Å². The average molecular weight is 582 g/mol. The van der Waals surface area contributed by atoms with Crippen LogP contribution in [0.3, 0.4) is 0 Å². The Balaban J connectivity index is 5.45. The molecule has 0 unspecified atom stereocenters. The van der Waals surface area contributed by atoms with Gasteiger partial charge in [0, 0.05) is 12.2 Å². The van der Waals surface area contributed by atoms with E-state index in [0.717, 1.165) is 0 Å². The van der Waals surface area contributed by atoms with Gasteiger partial charge in [-0.2, -0.15) is 24.4 Å². The molecule has 0 saturated carbocycles. The molecule has 0 aliphatic heterocycles. The highest BCUT2D eigenvalue weighted by Gasteiger charge is 2.31.